The van der Waals surface area contributed by atoms with Crippen LogP contribution < -0.4 is 14.8 Å². The Hall–Kier alpha value is -2.67. The number of anilines is 1. The van der Waals surface area contributed by atoms with E-state index >= 15 is 0 Å². The van der Waals surface area contributed by atoms with E-state index in [-0.39, 0.29) is 16.6 Å². The van der Waals surface area contributed by atoms with E-state index in [1.807, 2.05) is 26.0 Å². The van der Waals surface area contributed by atoms with Gasteiger partial charge >= 0.3 is 0 Å². The Morgan fingerprint density at radius 3 is 2.54 bits per heavy atom. The zero-order valence-corrected chi connectivity index (χ0v) is 17.1. The van der Waals surface area contributed by atoms with E-state index in [0.717, 1.165) is 5.56 Å². The van der Waals surface area contributed by atoms with Crippen LogP contribution in [0.5, 0.6) is 11.5 Å². The second-order valence-corrected chi connectivity index (χ2v) is 9.39. The topological polar surface area (TPSA) is 67.9 Å². The molecule has 2 aliphatic rings. The molecule has 1 spiro atoms. The highest BCUT2D eigenvalue weighted by molar-refractivity contribution is 8.02. The molecule has 1 fully saturated rings. The smallest absolute Gasteiger partial charge is 0.265 e. The van der Waals surface area contributed by atoms with Crippen molar-refractivity contribution in [3.8, 4) is 11.5 Å². The number of hydrogen-bond acceptors (Lipinski definition) is 5. The van der Waals surface area contributed by atoms with Crippen LogP contribution in [0.25, 0.3) is 0 Å². The van der Waals surface area contributed by atoms with E-state index in [9.17, 15) is 9.59 Å². The van der Waals surface area contributed by atoms with Crippen LogP contribution >= 0.6 is 11.8 Å². The Balaban J connectivity index is 1.85. The van der Waals surface area contributed by atoms with Crippen LogP contribution in [-0.2, 0) is 9.67 Å². The predicted octanol–water partition coefficient (Wildman–Crippen LogP) is 3.48. The minimum Gasteiger partial charge on any atom is -0.497 e. The van der Waals surface area contributed by atoms with Crippen LogP contribution in [0.1, 0.15) is 29.8 Å². The van der Waals surface area contributed by atoms with Gasteiger partial charge in [-0.05, 0) is 50.2 Å². The quantitative estimate of drug-likeness (QED) is 0.857. The molecule has 4 rings (SSSR count). The summed E-state index contributed by atoms with van der Waals surface area (Å²) in [4.78, 5) is 27.3. The number of thioether (sulfide) groups is 1. The third kappa shape index (κ3) is 2.73. The van der Waals surface area contributed by atoms with Gasteiger partial charge in [0.25, 0.3) is 11.8 Å². The molecule has 0 aromatic heterocycles. The highest BCUT2D eigenvalue weighted by Gasteiger charge is 2.61. The molecule has 0 saturated carbocycles. The third-order valence-corrected chi connectivity index (χ3v) is 6.66. The van der Waals surface area contributed by atoms with E-state index in [1.54, 1.807) is 49.5 Å². The number of amides is 2. The maximum Gasteiger partial charge on any atom is 0.265 e. The van der Waals surface area contributed by atoms with Crippen molar-refractivity contribution < 1.29 is 19.1 Å². The monoisotopic (exact) mass is 398 g/mol. The lowest BCUT2D eigenvalue weighted by atomic mass is 10.0. The first kappa shape index (κ1) is 18.7. The molecule has 0 aliphatic carbocycles. The summed E-state index contributed by atoms with van der Waals surface area (Å²) >= 11 is 1.50. The number of carbonyl (C=O) groups excluding carboxylic acids is 2. The number of carbonyl (C=O) groups is 2. The summed E-state index contributed by atoms with van der Waals surface area (Å²) in [5.74, 6) is 0.836. The zero-order valence-electron chi connectivity index (χ0n) is 16.2. The van der Waals surface area contributed by atoms with Gasteiger partial charge in [0.05, 0.1) is 14.2 Å². The SMILES string of the molecule is COc1cccc(C(=O)N2CC(C)(C)S[C@]23C(=O)Nc2ccc(OC)cc23)c1. The number of benzene rings is 2. The van der Waals surface area contributed by atoms with Crippen molar-refractivity contribution in [2.45, 2.75) is 23.5 Å². The zero-order chi connectivity index (χ0) is 20.1. The molecular weight excluding hydrogens is 376 g/mol. The highest BCUT2D eigenvalue weighted by Crippen LogP contribution is 2.58. The van der Waals surface area contributed by atoms with E-state index in [1.165, 1.54) is 11.8 Å². The van der Waals surface area contributed by atoms with Gasteiger partial charge in [-0.2, -0.15) is 0 Å². The minimum atomic E-state index is -1.13. The van der Waals surface area contributed by atoms with Gasteiger partial charge in [-0.15, -0.1) is 11.8 Å². The first-order chi connectivity index (χ1) is 13.3. The number of fused-ring (bicyclic) bond motifs is 2. The lowest BCUT2D eigenvalue weighted by Gasteiger charge is -2.32. The second kappa shape index (κ2) is 6.44. The van der Waals surface area contributed by atoms with Gasteiger partial charge in [0.15, 0.2) is 4.87 Å². The van der Waals surface area contributed by atoms with Gasteiger partial charge in [0, 0.05) is 28.1 Å². The summed E-state index contributed by atoms with van der Waals surface area (Å²) in [5, 5.41) is 2.94. The second-order valence-electron chi connectivity index (χ2n) is 7.49. The first-order valence-corrected chi connectivity index (χ1v) is 9.78. The fourth-order valence-corrected chi connectivity index (χ4v) is 5.52. The normalized spacial score (nSPS) is 22.1. The Morgan fingerprint density at radius 1 is 1.11 bits per heavy atom. The summed E-state index contributed by atoms with van der Waals surface area (Å²) in [6.07, 6.45) is 0. The molecule has 7 heteroatoms. The molecule has 2 heterocycles. The number of rotatable bonds is 3. The molecule has 1 atom stereocenters. The lowest BCUT2D eigenvalue weighted by molar-refractivity contribution is -0.121. The molecule has 2 aliphatic heterocycles. The number of nitrogens with one attached hydrogen (secondary N) is 1. The average molecular weight is 398 g/mol. The Bertz CT molecular complexity index is 975. The van der Waals surface area contributed by atoms with Crippen molar-refractivity contribution in [1.29, 1.82) is 0 Å². The van der Waals surface area contributed by atoms with Crippen LogP contribution in [0.2, 0.25) is 0 Å². The number of methoxy groups -OCH3 is 2. The Kier molecular flexibility index (Phi) is 4.30. The van der Waals surface area contributed by atoms with Crippen LogP contribution in [-0.4, -0.2) is 42.2 Å². The predicted molar refractivity (Wildman–Crippen MR) is 109 cm³/mol. The van der Waals surface area contributed by atoms with Crippen LogP contribution in [0.15, 0.2) is 42.5 Å². The Morgan fingerprint density at radius 2 is 1.82 bits per heavy atom. The van der Waals surface area contributed by atoms with Crippen molar-refractivity contribution in [2.24, 2.45) is 0 Å². The maximum absolute atomic E-state index is 13.5. The largest absolute Gasteiger partial charge is 0.497 e. The van der Waals surface area contributed by atoms with Gasteiger partial charge in [0.1, 0.15) is 11.5 Å². The third-order valence-electron chi connectivity index (χ3n) is 5.05. The molecule has 0 bridgehead atoms. The van der Waals surface area contributed by atoms with Gasteiger partial charge < -0.3 is 19.7 Å². The number of ether oxygens (including phenoxy) is 2. The molecule has 2 amide bonds. The Labute approximate surface area is 168 Å². The minimum absolute atomic E-state index is 0.206. The molecule has 2 aromatic carbocycles. The molecule has 0 radical (unpaired) electrons. The molecular formula is C21H22N2O4S. The summed E-state index contributed by atoms with van der Waals surface area (Å²) in [7, 11) is 3.15. The summed E-state index contributed by atoms with van der Waals surface area (Å²) < 4.78 is 10.3. The van der Waals surface area contributed by atoms with Gasteiger partial charge in [-0.1, -0.05) is 6.07 Å². The van der Waals surface area contributed by atoms with Crippen molar-refractivity contribution >= 4 is 29.3 Å². The molecule has 1 saturated heterocycles. The van der Waals surface area contributed by atoms with E-state index in [2.05, 4.69) is 5.32 Å². The molecule has 0 unspecified atom stereocenters. The van der Waals surface area contributed by atoms with E-state index in [0.29, 0.717) is 29.3 Å². The van der Waals surface area contributed by atoms with E-state index in [4.69, 9.17) is 9.47 Å². The number of nitrogens with zero attached hydrogens (tertiary/aromatic N) is 1. The van der Waals surface area contributed by atoms with Crippen LogP contribution in [0.4, 0.5) is 5.69 Å². The summed E-state index contributed by atoms with van der Waals surface area (Å²) in [6.45, 7) is 4.53. The maximum atomic E-state index is 13.5. The van der Waals surface area contributed by atoms with Crippen molar-refractivity contribution in [3.63, 3.8) is 0 Å². The fraction of sp³-hybridized carbons (Fsp3) is 0.333. The van der Waals surface area contributed by atoms with Crippen molar-refractivity contribution in [1.82, 2.24) is 4.90 Å². The molecule has 146 valence electrons. The van der Waals surface area contributed by atoms with Crippen molar-refractivity contribution in [2.75, 3.05) is 26.1 Å². The van der Waals surface area contributed by atoms with Gasteiger partial charge in [-0.3, -0.25) is 9.59 Å². The van der Waals surface area contributed by atoms with Gasteiger partial charge in [0.2, 0.25) is 0 Å². The van der Waals surface area contributed by atoms with E-state index < -0.39 is 4.87 Å². The standard InChI is InChI=1S/C21H22N2O4S/c1-20(2)12-23(18(24)13-6-5-7-14(10-13)26-3)21(28-20)16-11-15(27-4)8-9-17(16)22-19(21)25/h5-11H,12H2,1-4H3,(H,22,25)/t21-/m1/s1. The summed E-state index contributed by atoms with van der Waals surface area (Å²) in [6, 6.07) is 12.5. The average Bonchev–Trinajstić information content (AvgIpc) is 3.14. The lowest BCUT2D eigenvalue weighted by Crippen LogP contribution is -2.48. The van der Waals surface area contributed by atoms with Crippen LogP contribution in [0, 0.1) is 0 Å². The van der Waals surface area contributed by atoms with Gasteiger partial charge in [-0.25, -0.2) is 0 Å². The molecule has 28 heavy (non-hydrogen) atoms. The molecule has 6 nitrogen and oxygen atoms in total. The van der Waals surface area contributed by atoms with Crippen LogP contribution in [0.3, 0.4) is 0 Å². The van der Waals surface area contributed by atoms with Crippen molar-refractivity contribution in [3.05, 3.63) is 53.6 Å². The number of hydrogen-bond donors (Lipinski definition) is 1. The fourth-order valence-electron chi connectivity index (χ4n) is 3.84. The molecule has 1 N–H and O–H groups in total. The molecule has 2 aromatic rings. The highest BCUT2D eigenvalue weighted by atomic mass is 32.2. The summed E-state index contributed by atoms with van der Waals surface area (Å²) in [5.41, 5.74) is 1.95. The first-order valence-electron chi connectivity index (χ1n) is 8.97.